The Morgan fingerprint density at radius 2 is 1.79 bits per heavy atom. The minimum absolute atomic E-state index is 0.0103. The summed E-state index contributed by atoms with van der Waals surface area (Å²) in [6.45, 7) is 3.19. The van der Waals surface area contributed by atoms with Gasteiger partial charge in [-0.05, 0) is 31.0 Å². The van der Waals surface area contributed by atoms with Gasteiger partial charge in [-0.25, -0.2) is 8.42 Å². The maximum absolute atomic E-state index is 12.5. The summed E-state index contributed by atoms with van der Waals surface area (Å²) in [4.78, 5) is 16.1. The molecule has 0 aromatic heterocycles. The molecule has 24 heavy (non-hydrogen) atoms. The van der Waals surface area contributed by atoms with Crippen LogP contribution in [0.5, 0.6) is 0 Å². The van der Waals surface area contributed by atoms with Crippen molar-refractivity contribution in [3.05, 3.63) is 28.2 Å². The zero-order valence-corrected chi connectivity index (χ0v) is 15.6. The fourth-order valence-corrected chi connectivity index (χ4v) is 4.95. The Bertz CT molecular complexity index is 727. The number of piperazine rings is 1. The first-order valence-corrected chi connectivity index (χ1v) is 10.5. The average molecular weight is 391 g/mol. The summed E-state index contributed by atoms with van der Waals surface area (Å²) < 4.78 is 25.0. The Labute approximate surface area is 152 Å². The van der Waals surface area contributed by atoms with Gasteiger partial charge in [-0.2, -0.15) is 0 Å². The van der Waals surface area contributed by atoms with Crippen LogP contribution in [0.25, 0.3) is 0 Å². The number of rotatable bonds is 5. The molecular weight excluding hydrogens is 371 g/mol. The molecule has 1 heterocycles. The maximum Gasteiger partial charge on any atom is 0.225 e. The largest absolute Gasteiger partial charge is 0.340 e. The van der Waals surface area contributed by atoms with E-state index < -0.39 is 9.84 Å². The van der Waals surface area contributed by atoms with Crippen molar-refractivity contribution in [3.8, 4) is 0 Å². The molecule has 0 bridgehead atoms. The van der Waals surface area contributed by atoms with Gasteiger partial charge in [0, 0.05) is 43.7 Å². The van der Waals surface area contributed by atoms with Crippen molar-refractivity contribution in [3.63, 3.8) is 0 Å². The van der Waals surface area contributed by atoms with Crippen LogP contribution in [0.2, 0.25) is 10.0 Å². The lowest BCUT2D eigenvalue weighted by molar-refractivity contribution is -0.134. The highest BCUT2D eigenvalue weighted by atomic mass is 35.5. The third-order valence-electron chi connectivity index (χ3n) is 4.52. The van der Waals surface area contributed by atoms with E-state index >= 15 is 0 Å². The number of hydrogen-bond acceptors (Lipinski definition) is 4. The van der Waals surface area contributed by atoms with E-state index in [0.717, 1.165) is 12.8 Å². The van der Waals surface area contributed by atoms with Crippen molar-refractivity contribution >= 4 is 38.9 Å². The van der Waals surface area contributed by atoms with E-state index in [1.165, 1.54) is 12.1 Å². The van der Waals surface area contributed by atoms with Crippen LogP contribution in [-0.2, 0) is 14.6 Å². The monoisotopic (exact) mass is 390 g/mol. The van der Waals surface area contributed by atoms with E-state index in [9.17, 15) is 13.2 Å². The predicted octanol–water partition coefficient (Wildman–Crippen LogP) is 2.32. The lowest BCUT2D eigenvalue weighted by atomic mass is 10.2. The highest BCUT2D eigenvalue weighted by Crippen LogP contribution is 2.31. The second-order valence-electron chi connectivity index (χ2n) is 6.33. The molecule has 1 aromatic rings. The number of nitrogens with zero attached hydrogens (tertiary/aromatic N) is 2. The molecule has 1 aliphatic heterocycles. The number of halogens is 2. The summed E-state index contributed by atoms with van der Waals surface area (Å²) in [6, 6.07) is 4.46. The van der Waals surface area contributed by atoms with E-state index in [-0.39, 0.29) is 27.5 Å². The van der Waals surface area contributed by atoms with Gasteiger partial charge in [0.05, 0.1) is 15.7 Å². The molecule has 1 aliphatic carbocycles. The van der Waals surface area contributed by atoms with Crippen LogP contribution >= 0.6 is 23.2 Å². The van der Waals surface area contributed by atoms with Gasteiger partial charge in [-0.1, -0.05) is 23.2 Å². The molecule has 0 spiro atoms. The number of sulfone groups is 1. The summed E-state index contributed by atoms with van der Waals surface area (Å²) in [5.41, 5.74) is 0. The Morgan fingerprint density at radius 1 is 1.12 bits per heavy atom. The third kappa shape index (κ3) is 4.23. The molecule has 132 valence electrons. The van der Waals surface area contributed by atoms with Gasteiger partial charge in [0.1, 0.15) is 0 Å². The van der Waals surface area contributed by atoms with Crippen LogP contribution < -0.4 is 0 Å². The molecule has 2 fully saturated rings. The zero-order valence-electron chi connectivity index (χ0n) is 13.2. The van der Waals surface area contributed by atoms with Gasteiger partial charge in [0.15, 0.2) is 9.84 Å². The smallest absolute Gasteiger partial charge is 0.225 e. The van der Waals surface area contributed by atoms with Crippen molar-refractivity contribution in [2.75, 3.05) is 38.5 Å². The Hall–Kier alpha value is -0.820. The predicted molar refractivity (Wildman–Crippen MR) is 94.3 cm³/mol. The van der Waals surface area contributed by atoms with Crippen molar-refractivity contribution < 1.29 is 13.2 Å². The molecule has 0 unspecified atom stereocenters. The fraction of sp³-hybridized carbons (Fsp3) is 0.562. The number of carbonyl (C=O) groups is 1. The summed E-state index contributed by atoms with van der Waals surface area (Å²) in [7, 11) is -3.48. The molecule has 0 N–H and O–H groups in total. The topological polar surface area (TPSA) is 57.7 Å². The lowest BCUT2D eigenvalue weighted by Crippen LogP contribution is -2.50. The van der Waals surface area contributed by atoms with Gasteiger partial charge < -0.3 is 4.90 Å². The number of amides is 1. The first-order valence-electron chi connectivity index (χ1n) is 8.06. The molecule has 0 atom stereocenters. The summed E-state index contributed by atoms with van der Waals surface area (Å²) in [5, 5.41) is 0.546. The van der Waals surface area contributed by atoms with Crippen LogP contribution in [0.15, 0.2) is 23.1 Å². The SMILES string of the molecule is O=C(C1CC1)N1CCN(CCS(=O)(=O)c2cc(Cl)ccc2Cl)CC1. The highest BCUT2D eigenvalue weighted by Gasteiger charge is 2.34. The normalized spacial score (nSPS) is 19.5. The van der Waals surface area contributed by atoms with Gasteiger partial charge in [-0.15, -0.1) is 0 Å². The Kier molecular flexibility index (Phi) is 5.39. The molecule has 3 rings (SSSR count). The molecule has 2 aliphatic rings. The Morgan fingerprint density at radius 3 is 2.42 bits per heavy atom. The second-order valence-corrected chi connectivity index (χ2v) is 9.26. The van der Waals surface area contributed by atoms with Crippen molar-refractivity contribution in [1.82, 2.24) is 9.80 Å². The van der Waals surface area contributed by atoms with Crippen LogP contribution in [0.4, 0.5) is 0 Å². The van der Waals surface area contributed by atoms with E-state index in [4.69, 9.17) is 23.2 Å². The molecule has 1 aromatic carbocycles. The summed E-state index contributed by atoms with van der Waals surface area (Å²) >= 11 is 11.9. The Balaban J connectivity index is 1.54. The van der Waals surface area contributed by atoms with Crippen molar-refractivity contribution in [2.45, 2.75) is 17.7 Å². The molecule has 0 radical (unpaired) electrons. The number of benzene rings is 1. The minimum atomic E-state index is -3.48. The van der Waals surface area contributed by atoms with Crippen LogP contribution in [-0.4, -0.2) is 62.6 Å². The fourth-order valence-electron chi connectivity index (χ4n) is 2.86. The average Bonchev–Trinajstić information content (AvgIpc) is 3.40. The summed E-state index contributed by atoms with van der Waals surface area (Å²) in [6.07, 6.45) is 2.02. The van der Waals surface area contributed by atoms with Crippen LogP contribution in [0, 0.1) is 5.92 Å². The van der Waals surface area contributed by atoms with E-state index in [1.54, 1.807) is 6.07 Å². The van der Waals surface area contributed by atoms with Gasteiger partial charge in [0.2, 0.25) is 5.91 Å². The van der Waals surface area contributed by atoms with Gasteiger partial charge >= 0.3 is 0 Å². The van der Waals surface area contributed by atoms with Gasteiger partial charge in [0.25, 0.3) is 0 Å². The maximum atomic E-state index is 12.5. The first-order chi connectivity index (χ1) is 11.4. The zero-order chi connectivity index (χ0) is 17.3. The van der Waals surface area contributed by atoms with Crippen LogP contribution in [0.3, 0.4) is 0 Å². The van der Waals surface area contributed by atoms with Crippen molar-refractivity contribution in [1.29, 1.82) is 0 Å². The molecule has 1 amide bonds. The second kappa shape index (κ2) is 7.20. The van der Waals surface area contributed by atoms with E-state index in [0.29, 0.717) is 37.7 Å². The van der Waals surface area contributed by atoms with Crippen LogP contribution in [0.1, 0.15) is 12.8 Å². The molecule has 1 saturated heterocycles. The van der Waals surface area contributed by atoms with E-state index in [1.807, 2.05) is 4.90 Å². The molecule has 5 nitrogen and oxygen atoms in total. The highest BCUT2D eigenvalue weighted by molar-refractivity contribution is 7.91. The molecule has 1 saturated carbocycles. The number of carbonyl (C=O) groups excluding carboxylic acids is 1. The standard InChI is InChI=1S/C16H20Cl2N2O3S/c17-13-3-4-14(18)15(11-13)24(22,23)10-9-19-5-7-20(8-6-19)16(21)12-1-2-12/h3-4,11-12H,1-2,5-10H2. The van der Waals surface area contributed by atoms with Gasteiger partial charge in [-0.3, -0.25) is 9.69 Å². The summed E-state index contributed by atoms with van der Waals surface area (Å²) in [5.74, 6) is 0.485. The van der Waals surface area contributed by atoms with E-state index in [2.05, 4.69) is 4.90 Å². The quantitative estimate of drug-likeness (QED) is 0.773. The molecular formula is C16H20Cl2N2O3S. The number of hydrogen-bond donors (Lipinski definition) is 0. The van der Waals surface area contributed by atoms with Crippen molar-refractivity contribution in [2.24, 2.45) is 5.92 Å². The molecule has 8 heteroatoms. The lowest BCUT2D eigenvalue weighted by Gasteiger charge is -2.34. The minimum Gasteiger partial charge on any atom is -0.340 e. The third-order valence-corrected chi connectivity index (χ3v) is 6.92. The first kappa shape index (κ1) is 18.0.